The molecule has 0 unspecified atom stereocenters. The molecule has 3 nitrogen and oxygen atoms in total. The Labute approximate surface area is 91.4 Å². The average Bonchev–Trinajstić information content (AvgIpc) is 2.21. The van der Waals surface area contributed by atoms with E-state index < -0.39 is 11.6 Å². The molecule has 0 saturated heterocycles. The molecule has 0 saturated carbocycles. The van der Waals surface area contributed by atoms with Crippen LogP contribution >= 0.6 is 0 Å². The lowest BCUT2D eigenvalue weighted by molar-refractivity contribution is -0.134. The minimum Gasteiger partial charge on any atom is -0.466 e. The van der Waals surface area contributed by atoms with E-state index in [4.69, 9.17) is 0 Å². The van der Waals surface area contributed by atoms with Crippen molar-refractivity contribution in [3.05, 3.63) is 24.3 Å². The molecule has 0 bridgehead atoms. The fourth-order valence-corrected chi connectivity index (χ4v) is 1.08. The van der Waals surface area contributed by atoms with Gasteiger partial charge in [0.25, 0.3) is 0 Å². The Kier molecular flexibility index (Phi) is 6.71. The van der Waals surface area contributed by atoms with Crippen LogP contribution in [0.3, 0.4) is 0 Å². The number of carbonyl (C=O) groups excluding carboxylic acids is 1. The molecule has 0 aliphatic heterocycles. The molecule has 0 heterocycles. The van der Waals surface area contributed by atoms with Crippen molar-refractivity contribution in [1.82, 2.24) is 0 Å². The quantitative estimate of drug-likeness (QED) is 0.417. The molecule has 1 atom stereocenters. The second kappa shape index (κ2) is 7.23. The van der Waals surface area contributed by atoms with Crippen LogP contribution in [-0.4, -0.2) is 23.8 Å². The second-order valence-corrected chi connectivity index (χ2v) is 3.70. The van der Waals surface area contributed by atoms with Gasteiger partial charge in [-0.2, -0.15) is 0 Å². The van der Waals surface area contributed by atoms with E-state index in [1.54, 1.807) is 25.2 Å². The molecule has 0 aromatic heterocycles. The molecule has 86 valence electrons. The third kappa shape index (κ3) is 7.94. The summed E-state index contributed by atoms with van der Waals surface area (Å²) in [6, 6.07) is 0. The van der Waals surface area contributed by atoms with Crippen LogP contribution in [-0.2, 0) is 9.53 Å². The van der Waals surface area contributed by atoms with Crippen LogP contribution in [0.2, 0.25) is 0 Å². The average molecular weight is 212 g/mol. The summed E-state index contributed by atoms with van der Waals surface area (Å²) in [6.45, 7) is 3.84. The van der Waals surface area contributed by atoms with Crippen molar-refractivity contribution in [1.29, 1.82) is 0 Å². The molecular weight excluding hydrogens is 192 g/mol. The Bertz CT molecular complexity index is 239. The first-order valence-corrected chi connectivity index (χ1v) is 5.18. The Morgan fingerprint density at radius 3 is 2.67 bits per heavy atom. The van der Waals surface area contributed by atoms with Gasteiger partial charge in [0, 0.05) is 6.08 Å². The number of ether oxygens (including phenoxy) is 1. The molecule has 0 aliphatic carbocycles. The van der Waals surface area contributed by atoms with Crippen LogP contribution in [0.5, 0.6) is 0 Å². The lowest BCUT2D eigenvalue weighted by Crippen LogP contribution is -2.19. The van der Waals surface area contributed by atoms with Gasteiger partial charge in [-0.25, -0.2) is 4.79 Å². The van der Waals surface area contributed by atoms with E-state index in [-0.39, 0.29) is 0 Å². The molecule has 3 heteroatoms. The maximum atomic E-state index is 10.7. The van der Waals surface area contributed by atoms with Crippen molar-refractivity contribution in [2.45, 2.75) is 38.7 Å². The first kappa shape index (κ1) is 13.9. The summed E-state index contributed by atoms with van der Waals surface area (Å²) in [5, 5.41) is 9.83. The molecular formula is C12H20O3. The van der Waals surface area contributed by atoms with Gasteiger partial charge in [-0.3, -0.25) is 0 Å². The minimum absolute atomic E-state index is 0.396. The highest BCUT2D eigenvalue weighted by Gasteiger charge is 2.13. The fourth-order valence-electron chi connectivity index (χ4n) is 1.08. The van der Waals surface area contributed by atoms with Crippen LogP contribution in [0.15, 0.2) is 24.3 Å². The zero-order valence-electron chi connectivity index (χ0n) is 9.69. The predicted molar refractivity (Wildman–Crippen MR) is 60.4 cm³/mol. The normalized spacial score (nSPS) is 15.7. The largest absolute Gasteiger partial charge is 0.466 e. The zero-order valence-corrected chi connectivity index (χ0v) is 9.69. The first-order chi connectivity index (χ1) is 7.02. The van der Waals surface area contributed by atoms with Crippen molar-refractivity contribution in [2.75, 3.05) is 7.11 Å². The van der Waals surface area contributed by atoms with E-state index >= 15 is 0 Å². The molecule has 15 heavy (non-hydrogen) atoms. The highest BCUT2D eigenvalue weighted by atomic mass is 16.5. The van der Waals surface area contributed by atoms with Crippen molar-refractivity contribution in [3.8, 4) is 0 Å². The lowest BCUT2D eigenvalue weighted by Gasteiger charge is -2.17. The molecule has 0 amide bonds. The zero-order chi connectivity index (χ0) is 11.7. The van der Waals surface area contributed by atoms with Crippen molar-refractivity contribution in [3.63, 3.8) is 0 Å². The third-order valence-corrected chi connectivity index (χ3v) is 2.04. The van der Waals surface area contributed by atoms with Crippen LogP contribution in [0.4, 0.5) is 0 Å². The predicted octanol–water partition coefficient (Wildman–Crippen LogP) is 2.21. The maximum absolute atomic E-state index is 10.7. The highest BCUT2D eigenvalue weighted by Crippen LogP contribution is 2.14. The summed E-state index contributed by atoms with van der Waals surface area (Å²) in [7, 11) is 1.33. The number of hydrogen-bond donors (Lipinski definition) is 1. The SMILES string of the molecule is CCCC[C@](C)(O)/C=C/C=C/C(=O)OC. The molecule has 0 aromatic carbocycles. The molecule has 0 spiro atoms. The van der Waals surface area contributed by atoms with E-state index in [2.05, 4.69) is 11.7 Å². The van der Waals surface area contributed by atoms with Crippen molar-refractivity contribution in [2.24, 2.45) is 0 Å². The van der Waals surface area contributed by atoms with Gasteiger partial charge in [0.15, 0.2) is 0 Å². The summed E-state index contributed by atoms with van der Waals surface area (Å²) >= 11 is 0. The number of methoxy groups -OCH3 is 1. The van der Waals surface area contributed by atoms with Crippen LogP contribution in [0.25, 0.3) is 0 Å². The van der Waals surface area contributed by atoms with E-state index in [1.165, 1.54) is 13.2 Å². The summed E-state index contributed by atoms with van der Waals surface area (Å²) in [5.41, 5.74) is -0.795. The van der Waals surface area contributed by atoms with Gasteiger partial charge in [-0.05, 0) is 13.3 Å². The van der Waals surface area contributed by atoms with Gasteiger partial charge in [0.2, 0.25) is 0 Å². The smallest absolute Gasteiger partial charge is 0.330 e. The molecule has 0 rings (SSSR count). The maximum Gasteiger partial charge on any atom is 0.330 e. The number of carbonyl (C=O) groups is 1. The number of unbranched alkanes of at least 4 members (excludes halogenated alkanes) is 1. The van der Waals surface area contributed by atoms with Gasteiger partial charge in [-0.15, -0.1) is 0 Å². The standard InChI is InChI=1S/C12H20O3/c1-4-5-9-12(2,14)10-7-6-8-11(13)15-3/h6-8,10,14H,4-5,9H2,1-3H3/b8-6+,10-7+/t12-/m0/s1. The fraction of sp³-hybridized carbons (Fsp3) is 0.583. The Hall–Kier alpha value is -1.09. The van der Waals surface area contributed by atoms with Crippen LogP contribution in [0, 0.1) is 0 Å². The number of allylic oxidation sites excluding steroid dienone is 2. The van der Waals surface area contributed by atoms with E-state index in [0.717, 1.165) is 19.3 Å². The molecule has 0 radical (unpaired) electrons. The Balaban J connectivity index is 4.03. The van der Waals surface area contributed by atoms with Gasteiger partial charge < -0.3 is 9.84 Å². The summed E-state index contributed by atoms with van der Waals surface area (Å²) in [6.07, 6.45) is 8.99. The summed E-state index contributed by atoms with van der Waals surface area (Å²) in [4.78, 5) is 10.7. The Morgan fingerprint density at radius 2 is 2.13 bits per heavy atom. The first-order valence-electron chi connectivity index (χ1n) is 5.18. The molecule has 1 N–H and O–H groups in total. The summed E-state index contributed by atoms with van der Waals surface area (Å²) < 4.78 is 4.43. The van der Waals surface area contributed by atoms with Crippen LogP contribution in [0.1, 0.15) is 33.1 Å². The van der Waals surface area contributed by atoms with Gasteiger partial charge >= 0.3 is 5.97 Å². The number of aliphatic hydroxyl groups is 1. The number of rotatable bonds is 6. The van der Waals surface area contributed by atoms with E-state index in [0.29, 0.717) is 0 Å². The Morgan fingerprint density at radius 1 is 1.47 bits per heavy atom. The third-order valence-electron chi connectivity index (χ3n) is 2.04. The monoisotopic (exact) mass is 212 g/mol. The van der Waals surface area contributed by atoms with Gasteiger partial charge in [0.1, 0.15) is 0 Å². The number of hydrogen-bond acceptors (Lipinski definition) is 3. The number of esters is 1. The van der Waals surface area contributed by atoms with E-state index in [9.17, 15) is 9.90 Å². The second-order valence-electron chi connectivity index (χ2n) is 3.70. The lowest BCUT2D eigenvalue weighted by atomic mass is 9.99. The highest BCUT2D eigenvalue weighted by molar-refractivity contribution is 5.82. The minimum atomic E-state index is -0.795. The molecule has 0 aliphatic rings. The van der Waals surface area contributed by atoms with Crippen molar-refractivity contribution >= 4 is 5.97 Å². The molecule has 0 aromatic rings. The van der Waals surface area contributed by atoms with Gasteiger partial charge in [-0.1, -0.05) is 38.0 Å². The van der Waals surface area contributed by atoms with Crippen LogP contribution < -0.4 is 0 Å². The topological polar surface area (TPSA) is 46.5 Å². The van der Waals surface area contributed by atoms with Gasteiger partial charge in [0.05, 0.1) is 12.7 Å². The van der Waals surface area contributed by atoms with Crippen molar-refractivity contribution < 1.29 is 14.6 Å². The van der Waals surface area contributed by atoms with E-state index in [1.807, 2.05) is 0 Å². The molecule has 0 fully saturated rings. The summed E-state index contributed by atoms with van der Waals surface area (Å²) in [5.74, 6) is -0.396.